The molecule has 0 aliphatic rings. The smallest absolute Gasteiger partial charge is 0.123 e. The molecule has 1 unspecified atom stereocenters. The van der Waals surface area contributed by atoms with Gasteiger partial charge < -0.3 is 5.73 Å². The summed E-state index contributed by atoms with van der Waals surface area (Å²) < 4.78 is 15.1. The van der Waals surface area contributed by atoms with Crippen LogP contribution in [0.2, 0.25) is 0 Å². The summed E-state index contributed by atoms with van der Waals surface area (Å²) in [5.41, 5.74) is 9.31. The van der Waals surface area contributed by atoms with Crippen molar-refractivity contribution in [3.05, 3.63) is 54.3 Å². The average molecular weight is 393 g/mol. The van der Waals surface area contributed by atoms with Crippen molar-refractivity contribution >= 4 is 43.2 Å². The first-order valence-corrected chi connectivity index (χ1v) is 7.83. The predicted octanol–water partition coefficient (Wildman–Crippen LogP) is 4.96. The Bertz CT molecular complexity index is 568. The van der Waals surface area contributed by atoms with Crippen molar-refractivity contribution in [3.8, 4) is 0 Å². The van der Waals surface area contributed by atoms with Gasteiger partial charge in [-0.1, -0.05) is 6.07 Å². The van der Waals surface area contributed by atoms with Gasteiger partial charge in [0.15, 0.2) is 0 Å². The summed E-state index contributed by atoms with van der Waals surface area (Å²) >= 11 is 8.56. The van der Waals surface area contributed by atoms with E-state index in [-0.39, 0.29) is 11.9 Å². The van der Waals surface area contributed by atoms with Crippen LogP contribution in [-0.4, -0.2) is 0 Å². The zero-order valence-corrected chi connectivity index (χ0v) is 13.7. The SMILES string of the molecule is Cc1cc(F)ccc1CC(N)c1cc(Br)sc1Br. The molecule has 1 aromatic heterocycles. The number of nitrogens with two attached hydrogens (primary N) is 1. The molecule has 0 radical (unpaired) electrons. The second-order valence-electron chi connectivity index (χ2n) is 4.16. The van der Waals surface area contributed by atoms with Crippen molar-refractivity contribution in [3.63, 3.8) is 0 Å². The quantitative estimate of drug-likeness (QED) is 0.784. The molecule has 0 saturated carbocycles. The molecule has 0 aliphatic heterocycles. The molecular weight excluding hydrogens is 381 g/mol. The first kappa shape index (κ1) is 14.2. The summed E-state index contributed by atoms with van der Waals surface area (Å²) in [5, 5.41) is 0. The fourth-order valence-electron chi connectivity index (χ4n) is 1.84. The fourth-order valence-corrected chi connectivity index (χ4v) is 4.84. The minimum Gasteiger partial charge on any atom is -0.324 e. The first-order valence-electron chi connectivity index (χ1n) is 5.42. The second-order valence-corrected chi connectivity index (χ2v) is 7.91. The van der Waals surface area contributed by atoms with Gasteiger partial charge in [0.25, 0.3) is 0 Å². The third-order valence-corrected chi connectivity index (χ3v) is 5.21. The number of aryl methyl sites for hydroxylation is 1. The van der Waals surface area contributed by atoms with Crippen molar-refractivity contribution < 1.29 is 4.39 Å². The molecule has 0 fully saturated rings. The highest BCUT2D eigenvalue weighted by atomic mass is 79.9. The molecule has 0 bridgehead atoms. The Hall–Kier alpha value is -0.230. The van der Waals surface area contributed by atoms with Crippen LogP contribution >= 0.6 is 43.2 Å². The Morgan fingerprint density at radius 2 is 2.06 bits per heavy atom. The molecule has 18 heavy (non-hydrogen) atoms. The molecule has 0 saturated heterocycles. The molecule has 5 heteroatoms. The Labute approximate surface area is 126 Å². The molecule has 2 aromatic rings. The van der Waals surface area contributed by atoms with Gasteiger partial charge in [0.05, 0.1) is 7.57 Å². The van der Waals surface area contributed by atoms with E-state index in [2.05, 4.69) is 31.9 Å². The van der Waals surface area contributed by atoms with E-state index in [4.69, 9.17) is 5.73 Å². The minimum atomic E-state index is -0.204. The van der Waals surface area contributed by atoms with Crippen molar-refractivity contribution in [2.45, 2.75) is 19.4 Å². The van der Waals surface area contributed by atoms with Gasteiger partial charge in [-0.05, 0) is 80.1 Å². The van der Waals surface area contributed by atoms with E-state index in [1.54, 1.807) is 23.5 Å². The summed E-state index contributed by atoms with van der Waals surface area (Å²) in [6, 6.07) is 6.76. The molecule has 2 rings (SSSR count). The van der Waals surface area contributed by atoms with Gasteiger partial charge in [-0.25, -0.2) is 4.39 Å². The molecule has 96 valence electrons. The minimum absolute atomic E-state index is 0.0916. The number of thiophene rings is 1. The van der Waals surface area contributed by atoms with Crippen LogP contribution in [0, 0.1) is 12.7 Å². The zero-order chi connectivity index (χ0) is 13.3. The van der Waals surface area contributed by atoms with Crippen LogP contribution in [0.1, 0.15) is 22.7 Å². The summed E-state index contributed by atoms with van der Waals surface area (Å²) in [6.45, 7) is 1.91. The number of hydrogen-bond acceptors (Lipinski definition) is 2. The molecule has 2 N–H and O–H groups in total. The molecule has 1 aromatic carbocycles. The molecule has 1 nitrogen and oxygen atoms in total. The van der Waals surface area contributed by atoms with Crippen molar-refractivity contribution in [2.75, 3.05) is 0 Å². The topological polar surface area (TPSA) is 26.0 Å². The van der Waals surface area contributed by atoms with E-state index < -0.39 is 0 Å². The molecular formula is C13H12Br2FNS. The highest BCUT2D eigenvalue weighted by molar-refractivity contribution is 9.12. The zero-order valence-electron chi connectivity index (χ0n) is 9.71. The highest BCUT2D eigenvalue weighted by Crippen LogP contribution is 2.35. The van der Waals surface area contributed by atoms with Gasteiger partial charge in [0.1, 0.15) is 5.82 Å². The van der Waals surface area contributed by atoms with Gasteiger partial charge in [-0.2, -0.15) is 0 Å². The lowest BCUT2D eigenvalue weighted by Crippen LogP contribution is -2.13. The number of benzene rings is 1. The van der Waals surface area contributed by atoms with Crippen molar-refractivity contribution in [2.24, 2.45) is 5.73 Å². The van der Waals surface area contributed by atoms with Crippen LogP contribution in [-0.2, 0) is 6.42 Å². The molecule has 0 aliphatic carbocycles. The second kappa shape index (κ2) is 5.82. The number of rotatable bonds is 3. The largest absolute Gasteiger partial charge is 0.324 e. The van der Waals surface area contributed by atoms with E-state index in [9.17, 15) is 4.39 Å². The molecule has 0 spiro atoms. The number of hydrogen-bond donors (Lipinski definition) is 1. The average Bonchev–Trinajstić information content (AvgIpc) is 2.62. The summed E-state index contributed by atoms with van der Waals surface area (Å²) in [6.07, 6.45) is 0.702. The van der Waals surface area contributed by atoms with Crippen LogP contribution in [0.15, 0.2) is 31.8 Å². The van der Waals surface area contributed by atoms with E-state index in [1.807, 2.05) is 13.0 Å². The predicted molar refractivity (Wildman–Crippen MR) is 81.5 cm³/mol. The normalized spacial score (nSPS) is 12.7. The maximum atomic E-state index is 13.0. The van der Waals surface area contributed by atoms with Gasteiger partial charge in [-0.15, -0.1) is 11.3 Å². The monoisotopic (exact) mass is 391 g/mol. The molecule has 0 amide bonds. The van der Waals surface area contributed by atoms with Crippen LogP contribution < -0.4 is 5.73 Å². The van der Waals surface area contributed by atoms with E-state index in [0.717, 1.165) is 24.3 Å². The third kappa shape index (κ3) is 3.20. The maximum Gasteiger partial charge on any atom is 0.123 e. The van der Waals surface area contributed by atoms with E-state index in [1.165, 1.54) is 6.07 Å². The van der Waals surface area contributed by atoms with Crippen LogP contribution in [0.5, 0.6) is 0 Å². The van der Waals surface area contributed by atoms with Crippen LogP contribution in [0.3, 0.4) is 0 Å². The van der Waals surface area contributed by atoms with Gasteiger partial charge in [0, 0.05) is 6.04 Å². The third-order valence-electron chi connectivity index (χ3n) is 2.83. The number of halogens is 3. The summed E-state index contributed by atoms with van der Waals surface area (Å²) in [7, 11) is 0. The maximum absolute atomic E-state index is 13.0. The Morgan fingerprint density at radius 3 is 2.61 bits per heavy atom. The standard InChI is InChI=1S/C13H12Br2FNS/c1-7-4-9(16)3-2-8(7)5-11(17)10-6-12(14)18-13(10)15/h2-4,6,11H,5,17H2,1H3. The Kier molecular flexibility index (Phi) is 4.59. The Balaban J connectivity index is 2.21. The van der Waals surface area contributed by atoms with Gasteiger partial charge in [-0.3, -0.25) is 0 Å². The summed E-state index contributed by atoms with van der Waals surface area (Å²) in [4.78, 5) is 0. The lowest BCUT2D eigenvalue weighted by atomic mass is 9.98. The lowest BCUT2D eigenvalue weighted by molar-refractivity contribution is 0.624. The first-order chi connectivity index (χ1) is 8.47. The van der Waals surface area contributed by atoms with Crippen LogP contribution in [0.25, 0.3) is 0 Å². The van der Waals surface area contributed by atoms with Gasteiger partial charge in [0.2, 0.25) is 0 Å². The van der Waals surface area contributed by atoms with Crippen molar-refractivity contribution in [1.29, 1.82) is 0 Å². The fraction of sp³-hybridized carbons (Fsp3) is 0.231. The summed E-state index contributed by atoms with van der Waals surface area (Å²) in [5.74, 6) is -0.204. The highest BCUT2D eigenvalue weighted by Gasteiger charge is 2.15. The van der Waals surface area contributed by atoms with E-state index >= 15 is 0 Å². The molecule has 1 atom stereocenters. The van der Waals surface area contributed by atoms with Crippen molar-refractivity contribution in [1.82, 2.24) is 0 Å². The van der Waals surface area contributed by atoms with E-state index in [0.29, 0.717) is 6.42 Å². The van der Waals surface area contributed by atoms with Crippen LogP contribution in [0.4, 0.5) is 4.39 Å². The Morgan fingerprint density at radius 1 is 1.33 bits per heavy atom. The molecule has 1 heterocycles. The van der Waals surface area contributed by atoms with Gasteiger partial charge >= 0.3 is 0 Å². The lowest BCUT2D eigenvalue weighted by Gasteiger charge is -2.13.